The monoisotopic (exact) mass is 287 g/mol. The van der Waals surface area contributed by atoms with Crippen molar-refractivity contribution in [3.05, 3.63) is 18.7 Å². The summed E-state index contributed by atoms with van der Waals surface area (Å²) in [5.41, 5.74) is 0. The molecule has 112 valence electrons. The topological polar surface area (TPSA) is 71.8 Å². The lowest BCUT2D eigenvalue weighted by molar-refractivity contribution is 0.707. The molecule has 2 aromatic heterocycles. The Bertz CT molecular complexity index is 595. The summed E-state index contributed by atoms with van der Waals surface area (Å²) in [5.74, 6) is 3.46. The average molecular weight is 287 g/mol. The van der Waals surface area contributed by atoms with Gasteiger partial charge in [0, 0.05) is 32.5 Å². The fraction of sp³-hybridized carbons (Fsp3) is 0.571. The van der Waals surface area contributed by atoms with Crippen molar-refractivity contribution in [1.82, 2.24) is 24.5 Å². The van der Waals surface area contributed by atoms with Crippen molar-refractivity contribution in [1.29, 1.82) is 0 Å². The Labute approximate surface area is 124 Å². The summed E-state index contributed by atoms with van der Waals surface area (Å²) in [6.45, 7) is 6.07. The Morgan fingerprint density at radius 2 is 2.19 bits per heavy atom. The highest BCUT2D eigenvalue weighted by Crippen LogP contribution is 2.38. The van der Waals surface area contributed by atoms with E-state index in [2.05, 4.69) is 37.1 Å². The minimum absolute atomic E-state index is 0.587. The molecule has 3 rings (SSSR count). The second-order valence-electron chi connectivity index (χ2n) is 5.61. The van der Waals surface area contributed by atoms with Crippen LogP contribution >= 0.6 is 0 Å². The number of aromatic nitrogens is 5. The maximum absolute atomic E-state index is 4.55. The fourth-order valence-corrected chi connectivity index (χ4v) is 2.34. The van der Waals surface area contributed by atoms with Gasteiger partial charge in [0.1, 0.15) is 6.33 Å². The molecule has 0 spiro atoms. The third kappa shape index (κ3) is 3.12. The highest BCUT2D eigenvalue weighted by molar-refractivity contribution is 5.39. The van der Waals surface area contributed by atoms with Crippen LogP contribution in [-0.4, -0.2) is 44.6 Å². The maximum Gasteiger partial charge on any atom is 0.241 e. The summed E-state index contributed by atoms with van der Waals surface area (Å²) in [4.78, 5) is 19.6. The van der Waals surface area contributed by atoms with Crippen LogP contribution in [0.1, 0.15) is 20.3 Å². The van der Waals surface area contributed by atoms with Crippen molar-refractivity contribution in [3.63, 3.8) is 0 Å². The first-order chi connectivity index (χ1) is 10.2. The molecule has 21 heavy (non-hydrogen) atoms. The van der Waals surface area contributed by atoms with Gasteiger partial charge in [0.25, 0.3) is 0 Å². The van der Waals surface area contributed by atoms with E-state index in [1.165, 1.54) is 6.42 Å². The summed E-state index contributed by atoms with van der Waals surface area (Å²) in [5, 5.41) is 3.16. The highest BCUT2D eigenvalue weighted by atomic mass is 15.3. The third-order valence-electron chi connectivity index (χ3n) is 3.81. The van der Waals surface area contributed by atoms with Crippen molar-refractivity contribution >= 4 is 11.9 Å². The van der Waals surface area contributed by atoms with Gasteiger partial charge in [-0.2, -0.15) is 15.0 Å². The molecule has 1 aliphatic rings. The number of imidazole rings is 1. The molecular weight excluding hydrogens is 266 g/mol. The van der Waals surface area contributed by atoms with Gasteiger partial charge in [-0.05, 0) is 25.2 Å². The van der Waals surface area contributed by atoms with E-state index in [-0.39, 0.29) is 0 Å². The summed E-state index contributed by atoms with van der Waals surface area (Å²) in [6.07, 6.45) is 6.53. The van der Waals surface area contributed by atoms with E-state index in [4.69, 9.17) is 0 Å². The Morgan fingerprint density at radius 1 is 1.38 bits per heavy atom. The lowest BCUT2D eigenvalue weighted by atomic mass is 10.3. The van der Waals surface area contributed by atoms with Gasteiger partial charge in [-0.1, -0.05) is 6.92 Å². The quantitative estimate of drug-likeness (QED) is 0.869. The number of anilines is 2. The van der Waals surface area contributed by atoms with Crippen LogP contribution in [0, 0.1) is 11.8 Å². The minimum Gasteiger partial charge on any atom is -0.354 e. The zero-order valence-corrected chi connectivity index (χ0v) is 12.7. The van der Waals surface area contributed by atoms with Crippen LogP contribution in [-0.2, 0) is 0 Å². The molecular formula is C14H21N7. The van der Waals surface area contributed by atoms with Gasteiger partial charge in [-0.25, -0.2) is 4.98 Å². The Morgan fingerprint density at radius 3 is 2.81 bits per heavy atom. The number of nitrogens with one attached hydrogen (secondary N) is 1. The fourth-order valence-electron chi connectivity index (χ4n) is 2.34. The van der Waals surface area contributed by atoms with E-state index >= 15 is 0 Å². The molecule has 0 radical (unpaired) electrons. The van der Waals surface area contributed by atoms with Gasteiger partial charge < -0.3 is 10.2 Å². The van der Waals surface area contributed by atoms with Crippen molar-refractivity contribution in [2.24, 2.45) is 11.8 Å². The van der Waals surface area contributed by atoms with E-state index in [0.717, 1.165) is 24.9 Å². The van der Waals surface area contributed by atoms with Crippen LogP contribution in [0.25, 0.3) is 5.95 Å². The number of hydrogen-bond donors (Lipinski definition) is 1. The van der Waals surface area contributed by atoms with Crippen LogP contribution in [0.3, 0.4) is 0 Å². The summed E-state index contributed by atoms with van der Waals surface area (Å²) in [6, 6.07) is 0. The van der Waals surface area contributed by atoms with Crippen LogP contribution in [0.2, 0.25) is 0 Å². The van der Waals surface area contributed by atoms with Crippen LogP contribution in [0.5, 0.6) is 0 Å². The molecule has 7 heteroatoms. The second-order valence-corrected chi connectivity index (χ2v) is 5.61. The molecule has 0 saturated heterocycles. The molecule has 1 N–H and O–H groups in total. The molecule has 0 aliphatic heterocycles. The van der Waals surface area contributed by atoms with Crippen molar-refractivity contribution in [3.8, 4) is 5.95 Å². The lowest BCUT2D eigenvalue weighted by Gasteiger charge is -2.18. The second kappa shape index (κ2) is 5.67. The molecule has 0 amide bonds. The van der Waals surface area contributed by atoms with Gasteiger partial charge in [0.05, 0.1) is 0 Å². The van der Waals surface area contributed by atoms with Gasteiger partial charge in [-0.15, -0.1) is 0 Å². The summed E-state index contributed by atoms with van der Waals surface area (Å²) in [7, 11) is 2.04. The first-order valence-electron chi connectivity index (χ1n) is 7.36. The van der Waals surface area contributed by atoms with Gasteiger partial charge in [-0.3, -0.25) is 4.57 Å². The van der Waals surface area contributed by atoms with Gasteiger partial charge in [0.2, 0.25) is 17.8 Å². The Hall–Kier alpha value is -2.18. The normalized spacial score (nSPS) is 20.3. The number of nitrogens with zero attached hydrogens (tertiary/aromatic N) is 6. The van der Waals surface area contributed by atoms with E-state index in [1.807, 2.05) is 20.2 Å². The molecule has 1 fully saturated rings. The molecule has 0 aromatic carbocycles. The van der Waals surface area contributed by atoms with Crippen LogP contribution in [0.15, 0.2) is 18.7 Å². The minimum atomic E-state index is 0.587. The third-order valence-corrected chi connectivity index (χ3v) is 3.81. The predicted molar refractivity (Wildman–Crippen MR) is 81.7 cm³/mol. The number of hydrogen-bond acceptors (Lipinski definition) is 6. The van der Waals surface area contributed by atoms with Crippen molar-refractivity contribution in [2.75, 3.05) is 30.4 Å². The molecule has 1 saturated carbocycles. The molecule has 2 unspecified atom stereocenters. The first-order valence-corrected chi connectivity index (χ1v) is 7.36. The zero-order chi connectivity index (χ0) is 14.8. The molecule has 2 atom stereocenters. The Balaban J connectivity index is 1.87. The van der Waals surface area contributed by atoms with Gasteiger partial charge >= 0.3 is 0 Å². The van der Waals surface area contributed by atoms with Crippen LogP contribution < -0.4 is 10.2 Å². The highest BCUT2D eigenvalue weighted by Gasteiger charge is 2.33. The predicted octanol–water partition coefficient (Wildman–Crippen LogP) is 1.58. The van der Waals surface area contributed by atoms with Crippen molar-refractivity contribution in [2.45, 2.75) is 20.3 Å². The average Bonchev–Trinajstić information content (AvgIpc) is 2.95. The number of rotatable bonds is 6. The van der Waals surface area contributed by atoms with E-state index in [1.54, 1.807) is 17.1 Å². The molecule has 7 nitrogen and oxygen atoms in total. The molecule has 2 heterocycles. The lowest BCUT2D eigenvalue weighted by Crippen LogP contribution is -2.24. The zero-order valence-electron chi connectivity index (χ0n) is 12.7. The summed E-state index contributed by atoms with van der Waals surface area (Å²) < 4.78 is 1.79. The van der Waals surface area contributed by atoms with Crippen LogP contribution in [0.4, 0.5) is 11.9 Å². The van der Waals surface area contributed by atoms with E-state index in [9.17, 15) is 0 Å². The molecule has 1 aliphatic carbocycles. The SMILES string of the molecule is CCNc1nc(N(C)CC2CC2C)nc(-n2ccnc2)n1. The standard InChI is InChI=1S/C14H21N7/c1-4-16-12-17-13(20(3)8-11-7-10(11)2)19-14(18-12)21-6-5-15-9-21/h5-6,9-11H,4,7-8H2,1-3H3,(H,16,17,18,19). The molecule has 2 aromatic rings. The smallest absolute Gasteiger partial charge is 0.241 e. The van der Waals surface area contributed by atoms with E-state index in [0.29, 0.717) is 17.8 Å². The van der Waals surface area contributed by atoms with E-state index < -0.39 is 0 Å². The van der Waals surface area contributed by atoms with Gasteiger partial charge in [0.15, 0.2) is 0 Å². The van der Waals surface area contributed by atoms with Crippen molar-refractivity contribution < 1.29 is 0 Å². The first kappa shape index (κ1) is 13.8. The maximum atomic E-state index is 4.55. The molecule has 0 bridgehead atoms. The summed E-state index contributed by atoms with van der Waals surface area (Å²) >= 11 is 0. The Kier molecular flexibility index (Phi) is 3.72. The largest absolute Gasteiger partial charge is 0.354 e.